The first-order valence-corrected chi connectivity index (χ1v) is 5.56. The summed E-state index contributed by atoms with van der Waals surface area (Å²) in [6.07, 6.45) is 5.38. The van der Waals surface area contributed by atoms with Crippen molar-refractivity contribution >= 4 is 0 Å². The zero-order valence-corrected chi connectivity index (χ0v) is 9.24. The Morgan fingerprint density at radius 2 is 2.47 bits per heavy atom. The molecule has 0 radical (unpaired) electrons. The Kier molecular flexibility index (Phi) is 3.16. The normalized spacial score (nSPS) is 15.5. The fourth-order valence-electron chi connectivity index (χ4n) is 1.35. The Labute approximate surface area is 90.4 Å². The summed E-state index contributed by atoms with van der Waals surface area (Å²) in [5.41, 5.74) is 1.18. The molecule has 4 nitrogen and oxygen atoms in total. The molecule has 1 heterocycles. The van der Waals surface area contributed by atoms with E-state index >= 15 is 0 Å². The fraction of sp³-hybridized carbons (Fsp3) is 0.636. The van der Waals surface area contributed by atoms with E-state index in [0.29, 0.717) is 6.04 Å². The van der Waals surface area contributed by atoms with E-state index in [1.54, 1.807) is 6.33 Å². The fourth-order valence-corrected chi connectivity index (χ4v) is 1.35. The van der Waals surface area contributed by atoms with Crippen molar-refractivity contribution in [2.45, 2.75) is 45.3 Å². The van der Waals surface area contributed by atoms with Gasteiger partial charge in [-0.1, -0.05) is 19.1 Å². The predicted molar refractivity (Wildman–Crippen MR) is 59.3 cm³/mol. The molecule has 1 aliphatic carbocycles. The van der Waals surface area contributed by atoms with E-state index in [4.69, 9.17) is 0 Å². The maximum Gasteiger partial charge on any atom is 0.164 e. The van der Waals surface area contributed by atoms with E-state index in [-0.39, 0.29) is 0 Å². The van der Waals surface area contributed by atoms with Crippen molar-refractivity contribution in [2.24, 2.45) is 0 Å². The van der Waals surface area contributed by atoms with E-state index in [0.717, 1.165) is 25.3 Å². The van der Waals surface area contributed by atoms with Crippen LogP contribution in [0, 0.1) is 0 Å². The smallest absolute Gasteiger partial charge is 0.164 e. The van der Waals surface area contributed by atoms with Crippen molar-refractivity contribution in [3.05, 3.63) is 24.3 Å². The maximum atomic E-state index is 4.38. The van der Waals surface area contributed by atoms with Crippen molar-refractivity contribution in [3.8, 4) is 0 Å². The van der Waals surface area contributed by atoms with Crippen molar-refractivity contribution in [1.82, 2.24) is 20.1 Å². The first kappa shape index (κ1) is 10.4. The molecule has 0 aromatic carbocycles. The van der Waals surface area contributed by atoms with Crippen LogP contribution in [0.5, 0.6) is 0 Å². The molecular formula is C11H18N4. The van der Waals surface area contributed by atoms with Crippen LogP contribution in [0.3, 0.4) is 0 Å². The number of nitrogens with zero attached hydrogens (tertiary/aromatic N) is 3. The molecule has 0 amide bonds. The lowest BCUT2D eigenvalue weighted by atomic mass is 10.2. The molecule has 1 saturated carbocycles. The Morgan fingerprint density at radius 1 is 1.67 bits per heavy atom. The van der Waals surface area contributed by atoms with Gasteiger partial charge in [0.1, 0.15) is 6.33 Å². The summed E-state index contributed by atoms with van der Waals surface area (Å²) in [7, 11) is 0. The topological polar surface area (TPSA) is 42.7 Å². The molecule has 0 spiro atoms. The highest BCUT2D eigenvalue weighted by Gasteiger charge is 2.20. The summed E-state index contributed by atoms with van der Waals surface area (Å²) in [6, 6.07) is 0.711. The van der Waals surface area contributed by atoms with Crippen LogP contribution in [0.4, 0.5) is 0 Å². The average molecular weight is 206 g/mol. The molecule has 15 heavy (non-hydrogen) atoms. The molecule has 0 aliphatic heterocycles. The van der Waals surface area contributed by atoms with Crippen LogP contribution in [0.25, 0.3) is 0 Å². The van der Waals surface area contributed by atoms with Crippen LogP contribution < -0.4 is 5.32 Å². The second-order valence-electron chi connectivity index (χ2n) is 4.12. The maximum absolute atomic E-state index is 4.38. The quantitative estimate of drug-likeness (QED) is 0.717. The van der Waals surface area contributed by atoms with Gasteiger partial charge in [0.05, 0.1) is 13.1 Å². The number of hydrogen-bond acceptors (Lipinski definition) is 3. The minimum absolute atomic E-state index is 0.711. The van der Waals surface area contributed by atoms with Gasteiger partial charge in [-0.15, -0.1) is 0 Å². The van der Waals surface area contributed by atoms with E-state index in [1.165, 1.54) is 18.4 Å². The van der Waals surface area contributed by atoms with Gasteiger partial charge in [-0.25, -0.2) is 9.67 Å². The number of allylic oxidation sites excluding steroid dienone is 1. The largest absolute Gasteiger partial charge is 0.307 e. The summed E-state index contributed by atoms with van der Waals surface area (Å²) in [5.74, 6) is 0.880. The lowest BCUT2D eigenvalue weighted by Crippen LogP contribution is -2.16. The number of hydrogen-bond donors (Lipinski definition) is 1. The van der Waals surface area contributed by atoms with E-state index in [1.807, 2.05) is 4.68 Å². The predicted octanol–water partition coefficient (Wildman–Crippen LogP) is 1.50. The molecule has 82 valence electrons. The van der Waals surface area contributed by atoms with Crippen LogP contribution in [0.15, 0.2) is 18.5 Å². The average Bonchev–Trinajstić information content (AvgIpc) is 2.97. The van der Waals surface area contributed by atoms with Crippen molar-refractivity contribution < 1.29 is 0 Å². The lowest BCUT2D eigenvalue weighted by Gasteiger charge is -2.01. The molecule has 1 aromatic heterocycles. The van der Waals surface area contributed by atoms with Gasteiger partial charge < -0.3 is 5.32 Å². The van der Waals surface area contributed by atoms with Gasteiger partial charge in [0.15, 0.2) is 5.82 Å². The third-order valence-electron chi connectivity index (χ3n) is 2.60. The summed E-state index contributed by atoms with van der Waals surface area (Å²) in [4.78, 5) is 4.25. The molecule has 1 fully saturated rings. The van der Waals surface area contributed by atoms with Gasteiger partial charge in [0.2, 0.25) is 0 Å². The minimum Gasteiger partial charge on any atom is -0.307 e. The third kappa shape index (κ3) is 3.16. The Hall–Kier alpha value is -1.16. The second kappa shape index (κ2) is 4.57. The highest BCUT2D eigenvalue weighted by Crippen LogP contribution is 2.18. The molecule has 0 bridgehead atoms. The monoisotopic (exact) mass is 206 g/mol. The van der Waals surface area contributed by atoms with Crippen LogP contribution in [-0.4, -0.2) is 20.8 Å². The second-order valence-corrected chi connectivity index (χ2v) is 4.12. The summed E-state index contributed by atoms with van der Waals surface area (Å²) >= 11 is 0. The van der Waals surface area contributed by atoms with E-state index < -0.39 is 0 Å². The Balaban J connectivity index is 1.82. The van der Waals surface area contributed by atoms with Crippen molar-refractivity contribution in [3.63, 3.8) is 0 Å². The highest BCUT2D eigenvalue weighted by atomic mass is 15.3. The van der Waals surface area contributed by atoms with Gasteiger partial charge in [-0.3, -0.25) is 0 Å². The van der Waals surface area contributed by atoms with E-state index in [2.05, 4.69) is 28.9 Å². The minimum atomic E-state index is 0.711. The molecule has 0 atom stereocenters. The summed E-state index contributed by atoms with van der Waals surface area (Å²) in [5, 5.41) is 7.77. The first-order valence-electron chi connectivity index (χ1n) is 5.56. The van der Waals surface area contributed by atoms with Crippen LogP contribution in [0.1, 0.15) is 32.0 Å². The van der Waals surface area contributed by atoms with Crippen LogP contribution in [-0.2, 0) is 13.1 Å². The molecule has 1 N–H and O–H groups in total. The van der Waals surface area contributed by atoms with Gasteiger partial charge in [0.25, 0.3) is 0 Å². The molecular weight excluding hydrogens is 188 g/mol. The molecule has 4 heteroatoms. The molecule has 0 unspecified atom stereocenters. The summed E-state index contributed by atoms with van der Waals surface area (Å²) in [6.45, 7) is 7.64. The standard InChI is InChI=1S/C11H18N4/c1-3-9(2)7-15-8-13-11(14-15)6-12-10-4-5-10/h8,10,12H,2-7H2,1H3. The van der Waals surface area contributed by atoms with Crippen molar-refractivity contribution in [2.75, 3.05) is 0 Å². The van der Waals surface area contributed by atoms with Gasteiger partial charge in [0, 0.05) is 6.04 Å². The Bertz CT molecular complexity index is 338. The number of aromatic nitrogens is 3. The molecule has 0 saturated heterocycles. The SMILES string of the molecule is C=C(CC)Cn1cnc(CNC2CC2)n1. The zero-order valence-electron chi connectivity index (χ0n) is 9.24. The number of nitrogens with one attached hydrogen (secondary N) is 1. The van der Waals surface area contributed by atoms with Gasteiger partial charge in [-0.2, -0.15) is 5.10 Å². The Morgan fingerprint density at radius 3 is 3.13 bits per heavy atom. The van der Waals surface area contributed by atoms with Crippen LogP contribution in [0.2, 0.25) is 0 Å². The van der Waals surface area contributed by atoms with Gasteiger partial charge in [-0.05, 0) is 19.3 Å². The first-order chi connectivity index (χ1) is 7.28. The zero-order chi connectivity index (χ0) is 10.7. The molecule has 2 rings (SSSR count). The molecule has 1 aromatic rings. The van der Waals surface area contributed by atoms with Crippen LogP contribution >= 0.6 is 0 Å². The van der Waals surface area contributed by atoms with Crippen molar-refractivity contribution in [1.29, 1.82) is 0 Å². The van der Waals surface area contributed by atoms with Gasteiger partial charge >= 0.3 is 0 Å². The number of rotatable bonds is 6. The lowest BCUT2D eigenvalue weighted by molar-refractivity contribution is 0.620. The summed E-state index contributed by atoms with van der Waals surface area (Å²) < 4.78 is 1.86. The highest BCUT2D eigenvalue weighted by molar-refractivity contribution is 4.94. The molecule has 1 aliphatic rings. The van der Waals surface area contributed by atoms with E-state index in [9.17, 15) is 0 Å². The third-order valence-corrected chi connectivity index (χ3v) is 2.60.